The Kier molecular flexibility index (Phi) is 4.14. The molecular formula is C5H13ClN2O. The smallest absolute Gasteiger partial charge is 0.104 e. The average Bonchev–Trinajstić information content (AvgIpc) is 1.55. The standard InChI is InChI=1S/C5H12N2O.ClH/c1-7(2)8-5-3-6-4-5;/h5-6H,3-4H2,1-2H3;1H. The van der Waals surface area contributed by atoms with Gasteiger partial charge in [-0.05, 0) is 0 Å². The molecule has 0 radical (unpaired) electrons. The Morgan fingerprint density at radius 1 is 1.44 bits per heavy atom. The summed E-state index contributed by atoms with van der Waals surface area (Å²) in [6.45, 7) is 2.00. The van der Waals surface area contributed by atoms with Gasteiger partial charge in [-0.25, -0.2) is 0 Å². The number of halogens is 1. The molecule has 9 heavy (non-hydrogen) atoms. The Hall–Kier alpha value is 0.170. The van der Waals surface area contributed by atoms with Crippen molar-refractivity contribution < 1.29 is 4.84 Å². The predicted molar refractivity (Wildman–Crippen MR) is 38.7 cm³/mol. The first kappa shape index (κ1) is 9.17. The molecule has 0 aliphatic carbocycles. The zero-order chi connectivity index (χ0) is 5.98. The zero-order valence-corrected chi connectivity index (χ0v) is 6.57. The van der Waals surface area contributed by atoms with Gasteiger partial charge < -0.3 is 5.32 Å². The quantitative estimate of drug-likeness (QED) is 0.559. The molecule has 56 valence electrons. The lowest BCUT2D eigenvalue weighted by Gasteiger charge is -2.29. The van der Waals surface area contributed by atoms with Crippen LogP contribution in [-0.4, -0.2) is 38.4 Å². The van der Waals surface area contributed by atoms with Gasteiger partial charge in [0.15, 0.2) is 0 Å². The summed E-state index contributed by atoms with van der Waals surface area (Å²) in [4.78, 5) is 5.26. The lowest BCUT2D eigenvalue weighted by Crippen LogP contribution is -2.50. The third-order valence-corrected chi connectivity index (χ3v) is 1.10. The van der Waals surface area contributed by atoms with Crippen molar-refractivity contribution in [3.05, 3.63) is 0 Å². The number of hydroxylamine groups is 2. The van der Waals surface area contributed by atoms with Crippen molar-refractivity contribution in [3.63, 3.8) is 0 Å². The van der Waals surface area contributed by atoms with Gasteiger partial charge >= 0.3 is 0 Å². The van der Waals surface area contributed by atoms with E-state index in [1.54, 1.807) is 5.06 Å². The Bertz CT molecular complexity index is 75.4. The molecule has 0 aromatic heterocycles. The second kappa shape index (κ2) is 4.06. The molecular weight excluding hydrogens is 140 g/mol. The van der Waals surface area contributed by atoms with Crippen LogP contribution in [0.25, 0.3) is 0 Å². The normalized spacial score (nSPS) is 19.0. The first-order valence-electron chi connectivity index (χ1n) is 2.84. The SMILES string of the molecule is CN(C)OC1CNC1.Cl. The summed E-state index contributed by atoms with van der Waals surface area (Å²) >= 11 is 0. The van der Waals surface area contributed by atoms with Gasteiger partial charge in [0.05, 0.1) is 0 Å². The van der Waals surface area contributed by atoms with E-state index in [-0.39, 0.29) is 12.4 Å². The summed E-state index contributed by atoms with van der Waals surface area (Å²) in [5, 5.41) is 4.86. The summed E-state index contributed by atoms with van der Waals surface area (Å²) in [6, 6.07) is 0. The van der Waals surface area contributed by atoms with Gasteiger partial charge in [-0.1, -0.05) is 0 Å². The number of hydrogen-bond donors (Lipinski definition) is 1. The minimum absolute atomic E-state index is 0. The summed E-state index contributed by atoms with van der Waals surface area (Å²) in [6.07, 6.45) is 0.421. The van der Waals surface area contributed by atoms with E-state index in [0.29, 0.717) is 6.10 Å². The van der Waals surface area contributed by atoms with E-state index >= 15 is 0 Å². The summed E-state index contributed by atoms with van der Waals surface area (Å²) in [5.41, 5.74) is 0. The molecule has 0 atom stereocenters. The molecule has 3 nitrogen and oxygen atoms in total. The highest BCUT2D eigenvalue weighted by molar-refractivity contribution is 5.85. The van der Waals surface area contributed by atoms with E-state index in [2.05, 4.69) is 5.32 Å². The first-order valence-corrected chi connectivity index (χ1v) is 2.84. The molecule has 0 aromatic rings. The summed E-state index contributed by atoms with van der Waals surface area (Å²) in [5.74, 6) is 0. The van der Waals surface area contributed by atoms with Crippen molar-refractivity contribution in [2.24, 2.45) is 0 Å². The molecule has 4 heteroatoms. The highest BCUT2D eigenvalue weighted by Gasteiger charge is 2.17. The van der Waals surface area contributed by atoms with Crippen LogP contribution in [0.2, 0.25) is 0 Å². The van der Waals surface area contributed by atoms with Crippen molar-refractivity contribution in [1.82, 2.24) is 10.4 Å². The molecule has 0 spiro atoms. The van der Waals surface area contributed by atoms with Crippen LogP contribution in [0, 0.1) is 0 Å². The van der Waals surface area contributed by atoms with E-state index in [4.69, 9.17) is 4.84 Å². The van der Waals surface area contributed by atoms with Gasteiger partial charge in [0.2, 0.25) is 0 Å². The highest BCUT2D eigenvalue weighted by atomic mass is 35.5. The minimum Gasteiger partial charge on any atom is -0.311 e. The van der Waals surface area contributed by atoms with Crippen molar-refractivity contribution in [1.29, 1.82) is 0 Å². The lowest BCUT2D eigenvalue weighted by atomic mass is 10.2. The molecule has 1 rings (SSSR count). The van der Waals surface area contributed by atoms with Gasteiger partial charge in [0.25, 0.3) is 0 Å². The number of nitrogens with zero attached hydrogens (tertiary/aromatic N) is 1. The maximum Gasteiger partial charge on any atom is 0.104 e. The molecule has 0 amide bonds. The van der Waals surface area contributed by atoms with Crippen molar-refractivity contribution in [3.8, 4) is 0 Å². The maximum atomic E-state index is 5.26. The monoisotopic (exact) mass is 152 g/mol. The first-order chi connectivity index (χ1) is 3.79. The number of nitrogens with one attached hydrogen (secondary N) is 1. The molecule has 0 saturated carbocycles. The van der Waals surface area contributed by atoms with E-state index in [9.17, 15) is 0 Å². The molecule has 1 aliphatic heterocycles. The third kappa shape index (κ3) is 3.01. The highest BCUT2D eigenvalue weighted by Crippen LogP contribution is 1.97. The van der Waals surface area contributed by atoms with Crippen molar-refractivity contribution >= 4 is 12.4 Å². The predicted octanol–water partition coefficient (Wildman–Crippen LogP) is -0.127. The summed E-state index contributed by atoms with van der Waals surface area (Å²) < 4.78 is 0. The van der Waals surface area contributed by atoms with E-state index < -0.39 is 0 Å². The number of rotatable bonds is 2. The topological polar surface area (TPSA) is 24.5 Å². The zero-order valence-electron chi connectivity index (χ0n) is 5.76. The Balaban J connectivity index is 0.000000640. The van der Waals surface area contributed by atoms with Crippen LogP contribution in [-0.2, 0) is 4.84 Å². The largest absolute Gasteiger partial charge is 0.311 e. The molecule has 1 saturated heterocycles. The fraction of sp³-hybridized carbons (Fsp3) is 1.00. The molecule has 1 aliphatic rings. The van der Waals surface area contributed by atoms with Gasteiger partial charge in [0.1, 0.15) is 6.10 Å². The van der Waals surface area contributed by atoms with Crippen LogP contribution in [0.3, 0.4) is 0 Å². The van der Waals surface area contributed by atoms with Gasteiger partial charge in [-0.15, -0.1) is 12.4 Å². The van der Waals surface area contributed by atoms with Crippen LogP contribution >= 0.6 is 12.4 Å². The second-order valence-electron chi connectivity index (χ2n) is 2.20. The maximum absolute atomic E-state index is 5.26. The van der Waals surface area contributed by atoms with Crippen molar-refractivity contribution in [2.75, 3.05) is 27.2 Å². The lowest BCUT2D eigenvalue weighted by molar-refractivity contribution is -0.177. The second-order valence-corrected chi connectivity index (χ2v) is 2.20. The Labute approximate surface area is 61.7 Å². The van der Waals surface area contributed by atoms with Crippen molar-refractivity contribution in [2.45, 2.75) is 6.10 Å². The van der Waals surface area contributed by atoms with Crippen LogP contribution < -0.4 is 5.32 Å². The Morgan fingerprint density at radius 3 is 2.11 bits per heavy atom. The van der Waals surface area contributed by atoms with Gasteiger partial charge in [0, 0.05) is 27.2 Å². The van der Waals surface area contributed by atoms with Crippen LogP contribution in [0.15, 0.2) is 0 Å². The molecule has 1 heterocycles. The molecule has 1 N–H and O–H groups in total. The molecule has 1 fully saturated rings. The molecule has 0 unspecified atom stereocenters. The van der Waals surface area contributed by atoms with Gasteiger partial charge in [-0.3, -0.25) is 4.84 Å². The third-order valence-electron chi connectivity index (χ3n) is 1.10. The fourth-order valence-electron chi connectivity index (χ4n) is 0.635. The fourth-order valence-corrected chi connectivity index (χ4v) is 0.635. The van der Waals surface area contributed by atoms with E-state index in [1.165, 1.54) is 0 Å². The van der Waals surface area contributed by atoms with Crippen LogP contribution in [0.5, 0.6) is 0 Å². The minimum atomic E-state index is 0. The van der Waals surface area contributed by atoms with E-state index in [1.807, 2.05) is 14.1 Å². The summed E-state index contributed by atoms with van der Waals surface area (Å²) in [7, 11) is 3.80. The number of hydrogen-bond acceptors (Lipinski definition) is 3. The van der Waals surface area contributed by atoms with Crippen LogP contribution in [0.4, 0.5) is 0 Å². The molecule has 0 bridgehead atoms. The average molecular weight is 153 g/mol. The van der Waals surface area contributed by atoms with Crippen LogP contribution in [0.1, 0.15) is 0 Å². The Morgan fingerprint density at radius 2 is 2.00 bits per heavy atom. The molecule has 0 aromatic carbocycles. The van der Waals surface area contributed by atoms with Gasteiger partial charge in [-0.2, -0.15) is 5.06 Å². The van der Waals surface area contributed by atoms with E-state index in [0.717, 1.165) is 13.1 Å².